The minimum Gasteiger partial charge on any atom is -0.496 e. The van der Waals surface area contributed by atoms with Crippen LogP contribution in [0.5, 0.6) is 11.5 Å². The Morgan fingerprint density at radius 2 is 1.52 bits per heavy atom. The van der Waals surface area contributed by atoms with Crippen molar-refractivity contribution in [3.63, 3.8) is 0 Å². The third kappa shape index (κ3) is 6.48. The first kappa shape index (κ1) is 22.9. The number of methoxy groups -OCH3 is 2. The van der Waals surface area contributed by atoms with Crippen molar-refractivity contribution in [1.29, 1.82) is 0 Å². The monoisotopic (exact) mass is 507 g/mol. The number of halogens is 1. The molecule has 0 atom stereocenters. The molecule has 0 unspecified atom stereocenters. The Balaban J connectivity index is 0.000000277. The molecule has 0 aromatic heterocycles. The van der Waals surface area contributed by atoms with Crippen molar-refractivity contribution in [3.05, 3.63) is 51.1 Å². The van der Waals surface area contributed by atoms with Crippen LogP contribution in [0.3, 0.4) is 0 Å². The molecule has 0 aliphatic carbocycles. The molecule has 2 aromatic carbocycles. The molecule has 0 saturated heterocycles. The molecule has 0 saturated carbocycles. The lowest BCUT2D eigenvalue weighted by Crippen LogP contribution is -2.12. The van der Waals surface area contributed by atoms with Crippen LogP contribution in [-0.4, -0.2) is 39.5 Å². The summed E-state index contributed by atoms with van der Waals surface area (Å²) in [5, 5.41) is 13.6. The smallest absolute Gasteiger partial charge is 0.339 e. The summed E-state index contributed by atoms with van der Waals surface area (Å²) in [6.45, 7) is 1.37. The third-order valence-electron chi connectivity index (χ3n) is 3.27. The van der Waals surface area contributed by atoms with Crippen molar-refractivity contribution in [1.82, 2.24) is 0 Å². The number of carboxylic acids is 1. The first-order valence-corrected chi connectivity index (χ1v) is 9.92. The maximum atomic E-state index is 11.1. The summed E-state index contributed by atoms with van der Waals surface area (Å²) in [4.78, 5) is 21.7. The van der Waals surface area contributed by atoms with Crippen molar-refractivity contribution in [3.8, 4) is 11.5 Å². The summed E-state index contributed by atoms with van der Waals surface area (Å²) >= 11 is 2.10. The Kier molecular flexibility index (Phi) is 8.19. The number of Topliss-reactive ketones (excluding diaryl/α,β-unsaturated/α-hetero) is 1. The Hall–Kier alpha value is -2.18. The Labute approximate surface area is 170 Å². The van der Waals surface area contributed by atoms with Gasteiger partial charge in [-0.15, -0.1) is 0 Å². The predicted octanol–water partition coefficient (Wildman–Crippen LogP) is 2.54. The highest BCUT2D eigenvalue weighted by atomic mass is 127. The molecule has 0 aliphatic heterocycles. The SMILES string of the molecule is COc1cc(I)ccc1C(=O)O.COc1cc(S(N)(=O)=O)ccc1C(C)=O. The van der Waals surface area contributed by atoms with E-state index in [1.165, 1.54) is 45.4 Å². The Morgan fingerprint density at radius 1 is 1.00 bits per heavy atom. The lowest BCUT2D eigenvalue weighted by atomic mass is 10.1. The second-order valence-electron chi connectivity index (χ2n) is 5.11. The molecule has 146 valence electrons. The zero-order valence-corrected chi connectivity index (χ0v) is 17.7. The zero-order chi connectivity index (χ0) is 20.8. The van der Waals surface area contributed by atoms with Crippen LogP contribution in [0.25, 0.3) is 0 Å². The van der Waals surface area contributed by atoms with E-state index in [-0.39, 0.29) is 22.0 Å². The number of primary sulfonamides is 1. The zero-order valence-electron chi connectivity index (χ0n) is 14.7. The average Bonchev–Trinajstić information content (AvgIpc) is 2.60. The standard InChI is InChI=1S/C9H11NO4S.C8H7IO3/c1-6(11)8-4-3-7(15(10,12)13)5-9(8)14-2;1-12-7-4-5(9)2-3-6(7)8(10)11/h3-5H,1-2H3,(H2,10,12,13);2-4H,1H3,(H,10,11). The van der Waals surface area contributed by atoms with Crippen LogP contribution in [0.4, 0.5) is 0 Å². The van der Waals surface area contributed by atoms with Crippen molar-refractivity contribution in [2.24, 2.45) is 5.14 Å². The number of nitrogens with two attached hydrogens (primary N) is 1. The molecule has 0 fully saturated rings. The van der Waals surface area contributed by atoms with Gasteiger partial charge in [-0.2, -0.15) is 0 Å². The fraction of sp³-hybridized carbons (Fsp3) is 0.176. The third-order valence-corrected chi connectivity index (χ3v) is 4.86. The number of aromatic carboxylic acids is 1. The van der Waals surface area contributed by atoms with Gasteiger partial charge in [0.2, 0.25) is 10.0 Å². The quantitative estimate of drug-likeness (QED) is 0.470. The van der Waals surface area contributed by atoms with Crippen LogP contribution in [0.1, 0.15) is 27.6 Å². The Morgan fingerprint density at radius 3 is 1.96 bits per heavy atom. The van der Waals surface area contributed by atoms with E-state index in [0.717, 1.165) is 3.57 Å². The minimum absolute atomic E-state index is 0.0793. The molecule has 27 heavy (non-hydrogen) atoms. The van der Waals surface area contributed by atoms with Crippen molar-refractivity contribution in [2.75, 3.05) is 14.2 Å². The fourth-order valence-corrected chi connectivity index (χ4v) is 2.97. The van der Waals surface area contributed by atoms with E-state index in [4.69, 9.17) is 19.7 Å². The summed E-state index contributed by atoms with van der Waals surface area (Å²) in [6.07, 6.45) is 0. The summed E-state index contributed by atoms with van der Waals surface area (Å²) in [7, 11) is -0.957. The molecule has 0 aliphatic rings. The summed E-state index contributed by atoms with van der Waals surface area (Å²) in [5.41, 5.74) is 0.516. The van der Waals surface area contributed by atoms with Crippen LogP contribution in [0.2, 0.25) is 0 Å². The second-order valence-corrected chi connectivity index (χ2v) is 7.92. The van der Waals surface area contributed by atoms with Gasteiger partial charge in [0.25, 0.3) is 0 Å². The molecule has 0 radical (unpaired) electrons. The van der Waals surface area contributed by atoms with Crippen molar-refractivity contribution >= 4 is 44.4 Å². The fourth-order valence-electron chi connectivity index (χ4n) is 1.98. The van der Waals surface area contributed by atoms with E-state index in [0.29, 0.717) is 11.3 Å². The molecule has 0 spiro atoms. The molecule has 2 aromatic rings. The summed E-state index contributed by atoms with van der Waals surface area (Å²) in [5.74, 6) is -0.570. The number of carboxylic acid groups (broad SMARTS) is 1. The highest BCUT2D eigenvalue weighted by Gasteiger charge is 2.14. The number of carbonyl (C=O) groups is 2. The van der Waals surface area contributed by atoms with Gasteiger partial charge in [0.1, 0.15) is 17.1 Å². The van der Waals surface area contributed by atoms with Gasteiger partial charge in [-0.1, -0.05) is 0 Å². The number of sulfonamides is 1. The van der Waals surface area contributed by atoms with Crippen LogP contribution < -0.4 is 14.6 Å². The lowest BCUT2D eigenvalue weighted by molar-refractivity contribution is 0.0693. The summed E-state index contributed by atoms with van der Waals surface area (Å²) < 4.78 is 32.8. The Bertz CT molecular complexity index is 958. The van der Waals surface area contributed by atoms with Gasteiger partial charge in [-0.25, -0.2) is 18.4 Å². The highest BCUT2D eigenvalue weighted by Crippen LogP contribution is 2.22. The maximum absolute atomic E-state index is 11.1. The van der Waals surface area contributed by atoms with Gasteiger partial charge in [-0.05, 0) is 59.8 Å². The van der Waals surface area contributed by atoms with Crippen LogP contribution >= 0.6 is 22.6 Å². The number of carbonyl (C=O) groups excluding carboxylic acids is 1. The number of hydrogen-bond acceptors (Lipinski definition) is 6. The maximum Gasteiger partial charge on any atom is 0.339 e. The highest BCUT2D eigenvalue weighted by molar-refractivity contribution is 14.1. The molecule has 8 nitrogen and oxygen atoms in total. The molecule has 2 rings (SSSR count). The largest absolute Gasteiger partial charge is 0.496 e. The minimum atomic E-state index is -3.77. The van der Waals surface area contributed by atoms with E-state index >= 15 is 0 Å². The van der Waals surface area contributed by atoms with Gasteiger partial charge in [0.15, 0.2) is 5.78 Å². The molecule has 3 N–H and O–H groups in total. The normalized spacial score (nSPS) is 10.4. The first-order chi connectivity index (χ1) is 12.5. The molecule has 0 amide bonds. The van der Waals surface area contributed by atoms with E-state index in [2.05, 4.69) is 22.6 Å². The van der Waals surface area contributed by atoms with Crippen LogP contribution in [0, 0.1) is 3.57 Å². The number of hydrogen-bond donors (Lipinski definition) is 2. The molecule has 10 heteroatoms. The average molecular weight is 507 g/mol. The van der Waals surface area contributed by atoms with Gasteiger partial charge < -0.3 is 14.6 Å². The molecule has 0 bridgehead atoms. The predicted molar refractivity (Wildman–Crippen MR) is 107 cm³/mol. The number of ether oxygens (including phenoxy) is 2. The number of benzene rings is 2. The lowest BCUT2D eigenvalue weighted by Gasteiger charge is -2.07. The van der Waals surface area contributed by atoms with E-state index in [1.807, 2.05) is 0 Å². The van der Waals surface area contributed by atoms with Crippen molar-refractivity contribution in [2.45, 2.75) is 11.8 Å². The first-order valence-electron chi connectivity index (χ1n) is 7.29. The number of ketones is 1. The molecular weight excluding hydrogens is 489 g/mol. The molecular formula is C17H18INO7S. The summed E-state index contributed by atoms with van der Waals surface area (Å²) in [6, 6.07) is 8.82. The second kappa shape index (κ2) is 9.67. The topological polar surface area (TPSA) is 133 Å². The van der Waals surface area contributed by atoms with Gasteiger partial charge in [0, 0.05) is 9.64 Å². The van der Waals surface area contributed by atoms with Gasteiger partial charge in [0.05, 0.1) is 24.7 Å². The van der Waals surface area contributed by atoms with E-state index in [9.17, 15) is 18.0 Å². The van der Waals surface area contributed by atoms with E-state index in [1.54, 1.807) is 12.1 Å². The molecule has 0 heterocycles. The van der Waals surface area contributed by atoms with Crippen LogP contribution in [0.15, 0.2) is 41.3 Å². The van der Waals surface area contributed by atoms with Gasteiger partial charge in [-0.3, -0.25) is 4.79 Å². The van der Waals surface area contributed by atoms with Crippen LogP contribution in [-0.2, 0) is 10.0 Å². The van der Waals surface area contributed by atoms with E-state index < -0.39 is 16.0 Å². The number of rotatable bonds is 5. The van der Waals surface area contributed by atoms with Gasteiger partial charge >= 0.3 is 5.97 Å². The van der Waals surface area contributed by atoms with Crippen molar-refractivity contribution < 1.29 is 32.6 Å².